The van der Waals surface area contributed by atoms with Crippen molar-refractivity contribution in [2.45, 2.75) is 50.1 Å². The van der Waals surface area contributed by atoms with Gasteiger partial charge in [-0.1, -0.05) is 18.6 Å². The molecule has 31 heavy (non-hydrogen) atoms. The molecule has 1 aromatic carbocycles. The van der Waals surface area contributed by atoms with Gasteiger partial charge in [-0.3, -0.25) is 14.4 Å². The Kier molecular flexibility index (Phi) is 4.73. The Morgan fingerprint density at radius 3 is 2.42 bits per heavy atom. The minimum Gasteiger partial charge on any atom is -0.349 e. The van der Waals surface area contributed by atoms with Gasteiger partial charge in [0.25, 0.3) is 17.4 Å². The fourth-order valence-electron chi connectivity index (χ4n) is 4.16. The third-order valence-corrected chi connectivity index (χ3v) is 7.62. The number of hydrogen-bond acceptors (Lipinski definition) is 5. The van der Waals surface area contributed by atoms with Crippen molar-refractivity contribution in [2.24, 2.45) is 0 Å². The molecule has 0 bridgehead atoms. The molecule has 8 nitrogen and oxygen atoms in total. The third-order valence-electron chi connectivity index (χ3n) is 6.23. The molecule has 0 saturated heterocycles. The fourth-order valence-corrected chi connectivity index (χ4v) is 5.40. The summed E-state index contributed by atoms with van der Waals surface area (Å²) in [6.45, 7) is 0. The number of carbonyl (C=O) groups excluding carboxylic acids is 2. The largest absolute Gasteiger partial charge is 0.349 e. The molecule has 3 aliphatic rings. The van der Waals surface area contributed by atoms with Gasteiger partial charge in [0.05, 0.1) is 22.9 Å². The van der Waals surface area contributed by atoms with Crippen LogP contribution in [0.1, 0.15) is 64.3 Å². The highest BCUT2D eigenvalue weighted by atomic mass is 32.2. The van der Waals surface area contributed by atoms with E-state index in [1.807, 2.05) is 12.1 Å². The Morgan fingerprint density at radius 1 is 1.03 bits per heavy atom. The summed E-state index contributed by atoms with van der Waals surface area (Å²) in [7, 11) is -3.32. The van der Waals surface area contributed by atoms with Crippen LogP contribution in [0.15, 0.2) is 34.5 Å². The van der Waals surface area contributed by atoms with Crippen molar-refractivity contribution >= 4 is 32.6 Å². The normalized spacial score (nSPS) is 22.3. The van der Waals surface area contributed by atoms with E-state index in [2.05, 4.69) is 15.6 Å². The van der Waals surface area contributed by atoms with Gasteiger partial charge in [0.1, 0.15) is 5.56 Å². The van der Waals surface area contributed by atoms with Crippen LogP contribution in [-0.4, -0.2) is 43.1 Å². The summed E-state index contributed by atoms with van der Waals surface area (Å²) in [5, 5.41) is 7.24. The van der Waals surface area contributed by atoms with Crippen molar-refractivity contribution in [2.75, 3.05) is 5.75 Å². The van der Waals surface area contributed by atoms with E-state index in [9.17, 15) is 22.8 Å². The lowest BCUT2D eigenvalue weighted by molar-refractivity contribution is 0.0940. The second-order valence-electron chi connectivity index (χ2n) is 8.62. The molecule has 1 atom stereocenters. The predicted molar refractivity (Wildman–Crippen MR) is 116 cm³/mol. The highest BCUT2D eigenvalue weighted by Gasteiger charge is 2.31. The third kappa shape index (κ3) is 3.89. The van der Waals surface area contributed by atoms with Gasteiger partial charge in [0.2, 0.25) is 0 Å². The maximum atomic E-state index is 13.0. The van der Waals surface area contributed by atoms with E-state index in [0.717, 1.165) is 43.1 Å². The van der Waals surface area contributed by atoms with Crippen LogP contribution >= 0.6 is 0 Å². The molecule has 2 heterocycles. The predicted octanol–water partition coefficient (Wildman–Crippen LogP) is 1.73. The number of aromatic nitrogens is 1. The Labute approximate surface area is 179 Å². The van der Waals surface area contributed by atoms with E-state index < -0.39 is 27.3 Å². The maximum Gasteiger partial charge on any atom is 0.261 e. The molecular formula is C22H23N3O5S. The van der Waals surface area contributed by atoms with Crippen LogP contribution in [0.5, 0.6) is 0 Å². The van der Waals surface area contributed by atoms with E-state index in [1.165, 1.54) is 12.1 Å². The van der Waals surface area contributed by atoms with Crippen LogP contribution < -0.4 is 16.2 Å². The lowest BCUT2D eigenvalue weighted by atomic mass is 9.77. The molecule has 0 radical (unpaired) electrons. The standard InChI is InChI=1S/C22H23N3O5S/c26-20(24-15-8-9-31(29,30)11-15)17-10-13-4-7-16(12-2-1-3-12)18(19(13)25-21(17)27)22(28)23-14-5-6-14/h4,7-10,12,14-15H,1-3,5-6,11H2,(H,23,28)(H,24,26)(H,25,27)/t15-/m1/s1. The van der Waals surface area contributed by atoms with Gasteiger partial charge in [0.15, 0.2) is 9.84 Å². The molecule has 0 spiro atoms. The van der Waals surface area contributed by atoms with Gasteiger partial charge in [0, 0.05) is 11.4 Å². The minimum absolute atomic E-state index is 0.116. The molecule has 3 N–H and O–H groups in total. The Hall–Kier alpha value is -2.94. The monoisotopic (exact) mass is 441 g/mol. The van der Waals surface area contributed by atoms with E-state index in [0.29, 0.717) is 22.4 Å². The molecule has 1 aliphatic heterocycles. The first-order chi connectivity index (χ1) is 14.8. The van der Waals surface area contributed by atoms with Gasteiger partial charge in [-0.05, 0) is 54.7 Å². The number of H-pyrrole nitrogens is 1. The van der Waals surface area contributed by atoms with Crippen LogP contribution in [-0.2, 0) is 9.84 Å². The van der Waals surface area contributed by atoms with Crippen molar-refractivity contribution in [1.82, 2.24) is 15.6 Å². The Morgan fingerprint density at radius 2 is 1.81 bits per heavy atom. The van der Waals surface area contributed by atoms with Crippen LogP contribution in [0, 0.1) is 0 Å². The minimum atomic E-state index is -3.32. The fraction of sp³-hybridized carbons (Fsp3) is 0.409. The maximum absolute atomic E-state index is 13.0. The molecule has 5 rings (SSSR count). The average Bonchev–Trinajstić information content (AvgIpc) is 3.41. The molecule has 2 fully saturated rings. The quantitative estimate of drug-likeness (QED) is 0.652. The summed E-state index contributed by atoms with van der Waals surface area (Å²) < 4.78 is 23.1. The van der Waals surface area contributed by atoms with Gasteiger partial charge in [-0.15, -0.1) is 0 Å². The molecule has 2 saturated carbocycles. The van der Waals surface area contributed by atoms with Gasteiger partial charge in [-0.2, -0.15) is 0 Å². The van der Waals surface area contributed by atoms with E-state index in [4.69, 9.17) is 0 Å². The Bertz CT molecular complexity index is 1290. The van der Waals surface area contributed by atoms with Crippen molar-refractivity contribution in [3.05, 3.63) is 56.7 Å². The SMILES string of the molecule is O=C(N[C@@H]1C=CS(=O)(=O)C1)c1cc2ccc(C3CCC3)c(C(=O)NC3CC3)c2[nH]c1=O. The summed E-state index contributed by atoms with van der Waals surface area (Å²) in [6.07, 6.45) is 6.46. The summed E-state index contributed by atoms with van der Waals surface area (Å²) >= 11 is 0. The summed E-state index contributed by atoms with van der Waals surface area (Å²) in [4.78, 5) is 41.2. The van der Waals surface area contributed by atoms with E-state index in [1.54, 1.807) is 0 Å². The number of sulfone groups is 1. The number of aromatic amines is 1. The number of rotatable bonds is 5. The lowest BCUT2D eigenvalue weighted by Gasteiger charge is -2.28. The topological polar surface area (TPSA) is 125 Å². The van der Waals surface area contributed by atoms with Gasteiger partial charge in [-0.25, -0.2) is 8.42 Å². The molecular weight excluding hydrogens is 418 g/mol. The van der Waals surface area contributed by atoms with Gasteiger partial charge >= 0.3 is 0 Å². The molecule has 2 amide bonds. The first-order valence-corrected chi connectivity index (χ1v) is 12.2. The molecule has 2 aromatic rings. The van der Waals surface area contributed by atoms with Crippen molar-refractivity contribution < 1.29 is 18.0 Å². The van der Waals surface area contributed by atoms with Gasteiger partial charge < -0.3 is 15.6 Å². The first-order valence-electron chi connectivity index (χ1n) is 10.5. The molecule has 162 valence electrons. The number of amides is 2. The van der Waals surface area contributed by atoms with Crippen LogP contribution in [0.25, 0.3) is 10.9 Å². The second-order valence-corrected chi connectivity index (χ2v) is 10.6. The average molecular weight is 442 g/mol. The summed E-state index contributed by atoms with van der Waals surface area (Å²) in [6, 6.07) is 4.72. The molecule has 1 aromatic heterocycles. The molecule has 9 heteroatoms. The zero-order valence-electron chi connectivity index (χ0n) is 16.8. The zero-order valence-corrected chi connectivity index (χ0v) is 17.6. The van der Waals surface area contributed by atoms with E-state index >= 15 is 0 Å². The summed E-state index contributed by atoms with van der Waals surface area (Å²) in [5.41, 5.74) is 1.14. The molecule has 0 unspecified atom stereocenters. The summed E-state index contributed by atoms with van der Waals surface area (Å²) in [5.74, 6) is -0.765. The van der Waals surface area contributed by atoms with E-state index in [-0.39, 0.29) is 23.3 Å². The van der Waals surface area contributed by atoms with Crippen LogP contribution in [0.4, 0.5) is 0 Å². The lowest BCUT2D eigenvalue weighted by Crippen LogP contribution is -2.38. The number of nitrogens with one attached hydrogen (secondary N) is 3. The first kappa shape index (κ1) is 20.0. The number of hydrogen-bond donors (Lipinski definition) is 3. The number of carbonyl (C=O) groups is 2. The van der Waals surface area contributed by atoms with Crippen molar-refractivity contribution in [1.29, 1.82) is 0 Å². The van der Waals surface area contributed by atoms with Crippen LogP contribution in [0.2, 0.25) is 0 Å². The zero-order chi connectivity index (χ0) is 21.8. The van der Waals surface area contributed by atoms with Crippen LogP contribution in [0.3, 0.4) is 0 Å². The number of fused-ring (bicyclic) bond motifs is 1. The smallest absolute Gasteiger partial charge is 0.261 e. The Balaban J connectivity index is 1.52. The number of benzene rings is 1. The second kappa shape index (κ2) is 7.33. The van der Waals surface area contributed by atoms with Crippen molar-refractivity contribution in [3.8, 4) is 0 Å². The highest BCUT2D eigenvalue weighted by Crippen LogP contribution is 2.40. The number of pyridine rings is 1. The molecule has 2 aliphatic carbocycles. The van der Waals surface area contributed by atoms with Crippen molar-refractivity contribution in [3.63, 3.8) is 0 Å². The highest BCUT2D eigenvalue weighted by molar-refractivity contribution is 7.94.